The van der Waals surface area contributed by atoms with E-state index in [1.807, 2.05) is 19.9 Å². The molecule has 2 atom stereocenters. The fourth-order valence-electron chi connectivity index (χ4n) is 4.39. The lowest BCUT2D eigenvalue weighted by Gasteiger charge is -2.47. The molecule has 1 fully saturated rings. The Morgan fingerprint density at radius 1 is 1.30 bits per heavy atom. The highest BCUT2D eigenvalue weighted by atomic mass is 32.2. The average Bonchev–Trinajstić information content (AvgIpc) is 2.88. The van der Waals surface area contributed by atoms with Crippen LogP contribution in [0.1, 0.15) is 71.4 Å². The number of nitrogens with zero attached hydrogens (tertiary/aromatic N) is 2. The Bertz CT molecular complexity index is 800. The standard InChI is InChI=1S/C22H30N2O2S/c1-7-15(4)24-20(25)19(27-21(24)26)12-16-9-10-18-17(11-16)14(3)13-22(5,6)23(18)8-2/h9-12,14-15H,7-8,13H2,1-6H3/b19-12-. The topological polar surface area (TPSA) is 40.6 Å². The van der Waals surface area contributed by atoms with Gasteiger partial charge in [-0.15, -0.1) is 0 Å². The molecule has 4 nitrogen and oxygen atoms in total. The smallest absolute Gasteiger partial charge is 0.293 e. The van der Waals surface area contributed by atoms with Crippen molar-refractivity contribution in [3.63, 3.8) is 0 Å². The van der Waals surface area contributed by atoms with Gasteiger partial charge in [0.25, 0.3) is 11.1 Å². The van der Waals surface area contributed by atoms with Crippen molar-refractivity contribution in [1.82, 2.24) is 4.90 Å². The fourth-order valence-corrected chi connectivity index (χ4v) is 5.32. The van der Waals surface area contributed by atoms with Crippen molar-refractivity contribution < 1.29 is 9.59 Å². The minimum Gasteiger partial charge on any atom is -0.366 e. The first-order chi connectivity index (χ1) is 12.7. The largest absolute Gasteiger partial charge is 0.366 e. The van der Waals surface area contributed by atoms with E-state index in [1.54, 1.807) is 0 Å². The molecular formula is C22H30N2O2S. The summed E-state index contributed by atoms with van der Waals surface area (Å²) in [5.41, 5.74) is 3.74. The molecule has 1 aromatic rings. The minimum absolute atomic E-state index is 0.0627. The van der Waals surface area contributed by atoms with E-state index in [-0.39, 0.29) is 22.7 Å². The molecule has 27 heavy (non-hydrogen) atoms. The molecule has 1 aromatic carbocycles. The first-order valence-corrected chi connectivity index (χ1v) is 10.7. The van der Waals surface area contributed by atoms with Crippen molar-refractivity contribution in [1.29, 1.82) is 0 Å². The molecule has 2 heterocycles. The number of fused-ring (bicyclic) bond motifs is 1. The highest BCUT2D eigenvalue weighted by Crippen LogP contribution is 2.44. The van der Waals surface area contributed by atoms with Crippen molar-refractivity contribution in [2.24, 2.45) is 0 Å². The first-order valence-electron chi connectivity index (χ1n) is 9.88. The van der Waals surface area contributed by atoms with Crippen LogP contribution in [0.5, 0.6) is 0 Å². The molecule has 0 spiro atoms. The summed E-state index contributed by atoms with van der Waals surface area (Å²) in [6.45, 7) is 13.9. The molecule has 5 heteroatoms. The summed E-state index contributed by atoms with van der Waals surface area (Å²) in [6, 6.07) is 6.36. The summed E-state index contributed by atoms with van der Waals surface area (Å²) in [5, 5.41) is -0.161. The van der Waals surface area contributed by atoms with Crippen molar-refractivity contribution in [3.05, 3.63) is 34.2 Å². The first kappa shape index (κ1) is 20.0. The molecule has 2 unspecified atom stereocenters. The Hall–Kier alpha value is -1.75. The number of hydrogen-bond acceptors (Lipinski definition) is 4. The van der Waals surface area contributed by atoms with Gasteiger partial charge in [0.1, 0.15) is 0 Å². The van der Waals surface area contributed by atoms with Crippen LogP contribution >= 0.6 is 11.8 Å². The number of amides is 2. The van der Waals surface area contributed by atoms with Gasteiger partial charge in [0.15, 0.2) is 0 Å². The van der Waals surface area contributed by atoms with Crippen molar-refractivity contribution in [2.45, 2.75) is 71.9 Å². The van der Waals surface area contributed by atoms with Gasteiger partial charge in [-0.2, -0.15) is 0 Å². The van der Waals surface area contributed by atoms with Crippen LogP contribution in [0.4, 0.5) is 10.5 Å². The van der Waals surface area contributed by atoms with Crippen LogP contribution in [0.15, 0.2) is 23.1 Å². The van der Waals surface area contributed by atoms with E-state index < -0.39 is 0 Å². The van der Waals surface area contributed by atoms with E-state index >= 15 is 0 Å². The summed E-state index contributed by atoms with van der Waals surface area (Å²) in [7, 11) is 0. The molecule has 0 bridgehead atoms. The zero-order valence-corrected chi connectivity index (χ0v) is 18.0. The summed E-state index contributed by atoms with van der Waals surface area (Å²) in [5.74, 6) is 0.294. The Kier molecular flexibility index (Phi) is 5.44. The molecular weight excluding hydrogens is 356 g/mol. The predicted molar refractivity (Wildman–Crippen MR) is 114 cm³/mol. The molecule has 2 amide bonds. The van der Waals surface area contributed by atoms with Gasteiger partial charge in [0, 0.05) is 23.8 Å². The third-order valence-electron chi connectivity index (χ3n) is 5.88. The number of benzene rings is 1. The summed E-state index contributed by atoms with van der Waals surface area (Å²) in [6.07, 6.45) is 3.74. The summed E-state index contributed by atoms with van der Waals surface area (Å²) >= 11 is 1.05. The second-order valence-corrected chi connectivity index (χ2v) is 9.28. The number of carbonyl (C=O) groups is 2. The van der Waals surface area contributed by atoms with E-state index in [2.05, 4.69) is 50.8 Å². The van der Waals surface area contributed by atoms with Crippen LogP contribution in [0.25, 0.3) is 6.08 Å². The molecule has 0 N–H and O–H groups in total. The molecule has 2 aliphatic rings. The highest BCUT2D eigenvalue weighted by Gasteiger charge is 2.38. The quantitative estimate of drug-likeness (QED) is 0.629. The lowest BCUT2D eigenvalue weighted by Crippen LogP contribution is -2.48. The van der Waals surface area contributed by atoms with E-state index in [4.69, 9.17) is 0 Å². The van der Waals surface area contributed by atoms with E-state index in [0.717, 1.165) is 36.7 Å². The molecule has 0 radical (unpaired) electrons. The van der Waals surface area contributed by atoms with Gasteiger partial charge in [0.05, 0.1) is 4.91 Å². The van der Waals surface area contributed by atoms with Crippen LogP contribution < -0.4 is 4.90 Å². The Balaban J connectivity index is 1.95. The molecule has 0 saturated carbocycles. The maximum atomic E-state index is 12.7. The van der Waals surface area contributed by atoms with Gasteiger partial charge in [-0.3, -0.25) is 14.5 Å². The van der Waals surface area contributed by atoms with E-state index in [9.17, 15) is 9.59 Å². The van der Waals surface area contributed by atoms with Crippen molar-refractivity contribution >= 4 is 34.7 Å². The molecule has 3 rings (SSSR count). The lowest BCUT2D eigenvalue weighted by atomic mass is 9.79. The lowest BCUT2D eigenvalue weighted by molar-refractivity contribution is -0.124. The van der Waals surface area contributed by atoms with Crippen LogP contribution in [0, 0.1) is 0 Å². The van der Waals surface area contributed by atoms with Gasteiger partial charge in [-0.1, -0.05) is 19.9 Å². The maximum absolute atomic E-state index is 12.7. The van der Waals surface area contributed by atoms with Crippen LogP contribution in [-0.2, 0) is 4.79 Å². The monoisotopic (exact) mass is 386 g/mol. The number of anilines is 1. The van der Waals surface area contributed by atoms with E-state index in [1.165, 1.54) is 16.2 Å². The van der Waals surface area contributed by atoms with Gasteiger partial charge in [0.2, 0.25) is 0 Å². The normalized spacial score (nSPS) is 24.5. The molecule has 0 aliphatic carbocycles. The van der Waals surface area contributed by atoms with Gasteiger partial charge >= 0.3 is 0 Å². The number of carbonyl (C=O) groups excluding carboxylic acids is 2. The third kappa shape index (κ3) is 3.54. The zero-order chi connectivity index (χ0) is 19.9. The molecule has 0 aromatic heterocycles. The van der Waals surface area contributed by atoms with Gasteiger partial charge in [-0.25, -0.2) is 0 Å². The third-order valence-corrected chi connectivity index (χ3v) is 6.76. The average molecular weight is 387 g/mol. The Morgan fingerprint density at radius 3 is 2.63 bits per heavy atom. The second-order valence-electron chi connectivity index (χ2n) is 8.29. The number of imide groups is 1. The highest BCUT2D eigenvalue weighted by molar-refractivity contribution is 8.18. The number of hydrogen-bond donors (Lipinski definition) is 0. The SMILES string of the molecule is CCC(C)N1C(=O)S/C(=C\c2ccc3c(c2)C(C)CC(C)(C)N3CC)C1=O. The fraction of sp³-hybridized carbons (Fsp3) is 0.545. The predicted octanol–water partition coefficient (Wildman–Crippen LogP) is 5.63. The zero-order valence-electron chi connectivity index (χ0n) is 17.2. The molecule has 2 aliphatic heterocycles. The summed E-state index contributed by atoms with van der Waals surface area (Å²) < 4.78 is 0. The van der Waals surface area contributed by atoms with Crippen LogP contribution in [0.3, 0.4) is 0 Å². The van der Waals surface area contributed by atoms with Crippen molar-refractivity contribution in [2.75, 3.05) is 11.4 Å². The summed E-state index contributed by atoms with van der Waals surface area (Å²) in [4.78, 5) is 29.3. The van der Waals surface area contributed by atoms with Crippen LogP contribution in [0.2, 0.25) is 0 Å². The second kappa shape index (κ2) is 7.34. The minimum atomic E-state index is -0.165. The van der Waals surface area contributed by atoms with Gasteiger partial charge in [-0.05, 0) is 87.6 Å². The molecule has 1 saturated heterocycles. The number of rotatable bonds is 4. The Labute approximate surface area is 167 Å². The van der Waals surface area contributed by atoms with Gasteiger partial charge < -0.3 is 4.90 Å². The van der Waals surface area contributed by atoms with Crippen LogP contribution in [-0.4, -0.2) is 34.2 Å². The maximum Gasteiger partial charge on any atom is 0.293 e. The Morgan fingerprint density at radius 2 is 2.00 bits per heavy atom. The number of thioether (sulfide) groups is 1. The van der Waals surface area contributed by atoms with E-state index in [0.29, 0.717) is 10.8 Å². The molecule has 146 valence electrons. The van der Waals surface area contributed by atoms with Crippen molar-refractivity contribution in [3.8, 4) is 0 Å².